The summed E-state index contributed by atoms with van der Waals surface area (Å²) in [4.78, 5) is 25.9. The first-order chi connectivity index (χ1) is 19.9. The maximum atomic E-state index is 13.3. The smallest absolute Gasteiger partial charge is 0.255 e. The number of benzene rings is 6. The summed E-state index contributed by atoms with van der Waals surface area (Å²) < 4.78 is 26.5. The number of fused-ring (bicyclic) bond motifs is 2. The molecule has 0 saturated heterocycles. The molecular weight excluding hydrogens is 532 g/mol. The normalized spacial score (nSPS) is 11.3. The molecule has 0 fully saturated rings. The van der Waals surface area contributed by atoms with E-state index in [1.165, 1.54) is 48.5 Å². The lowest BCUT2D eigenvalue weighted by Crippen LogP contribution is -2.13. The second-order valence-electron chi connectivity index (χ2n) is 9.51. The largest absolute Gasteiger partial charge is 0.321 e. The van der Waals surface area contributed by atoms with E-state index in [0.29, 0.717) is 22.5 Å². The van der Waals surface area contributed by atoms with Gasteiger partial charge in [-0.25, -0.2) is 8.42 Å². The molecule has 6 nitrogen and oxygen atoms in total. The fraction of sp³-hybridized carbons (Fsp3) is 0. The number of nitrogens with one attached hydrogen (secondary N) is 2. The van der Waals surface area contributed by atoms with Crippen molar-refractivity contribution in [3.63, 3.8) is 0 Å². The first-order valence-corrected chi connectivity index (χ1v) is 14.4. The van der Waals surface area contributed by atoms with Crippen molar-refractivity contribution in [3.05, 3.63) is 145 Å². The molecule has 200 valence electrons. The first-order valence-electron chi connectivity index (χ1n) is 12.9. The lowest BCUT2D eigenvalue weighted by molar-refractivity contribution is 0.101. The lowest BCUT2D eigenvalue weighted by atomic mass is 10.1. The zero-order valence-electron chi connectivity index (χ0n) is 21.7. The molecule has 0 aromatic heterocycles. The van der Waals surface area contributed by atoms with Gasteiger partial charge in [0, 0.05) is 33.3 Å². The SMILES string of the molecule is O=C(Nc1cccc2ccccc12)c1ccc(S(=O)(=O)c2ccc(C(=O)Nc3cccc4ccccc34)cc2)cc1. The number of anilines is 2. The molecule has 0 spiro atoms. The van der Waals surface area contributed by atoms with E-state index in [1.54, 1.807) is 0 Å². The topological polar surface area (TPSA) is 92.3 Å². The first kappa shape index (κ1) is 26.0. The van der Waals surface area contributed by atoms with Crippen molar-refractivity contribution in [2.24, 2.45) is 0 Å². The molecule has 0 aliphatic rings. The van der Waals surface area contributed by atoms with Crippen LogP contribution in [0.4, 0.5) is 11.4 Å². The predicted octanol–water partition coefficient (Wildman–Crippen LogP) is 7.33. The Kier molecular flexibility index (Phi) is 6.79. The van der Waals surface area contributed by atoms with Crippen molar-refractivity contribution < 1.29 is 18.0 Å². The standard InChI is InChI=1S/C34H24N2O4S/c37-33(35-31-13-5-9-23-7-1-3-11-29(23)31)25-15-19-27(20-16-25)41(39,40)28-21-17-26(18-22-28)34(38)36-32-14-6-10-24-8-2-4-12-30(24)32/h1-22H,(H,35,37)(H,36,38). The summed E-state index contributed by atoms with van der Waals surface area (Å²) in [6, 6.07) is 38.4. The molecule has 7 heteroatoms. The Labute approximate surface area is 237 Å². The second kappa shape index (κ2) is 10.7. The van der Waals surface area contributed by atoms with E-state index < -0.39 is 9.84 Å². The monoisotopic (exact) mass is 556 g/mol. The Balaban J connectivity index is 1.17. The Morgan fingerprint density at radius 3 is 1.22 bits per heavy atom. The van der Waals surface area contributed by atoms with Crippen LogP contribution in [-0.2, 0) is 9.84 Å². The van der Waals surface area contributed by atoms with Crippen LogP contribution in [0.1, 0.15) is 20.7 Å². The summed E-state index contributed by atoms with van der Waals surface area (Å²) >= 11 is 0. The predicted molar refractivity (Wildman–Crippen MR) is 162 cm³/mol. The van der Waals surface area contributed by atoms with E-state index in [9.17, 15) is 18.0 Å². The minimum absolute atomic E-state index is 0.0483. The minimum Gasteiger partial charge on any atom is -0.321 e. The maximum absolute atomic E-state index is 13.3. The van der Waals surface area contributed by atoms with Crippen LogP contribution < -0.4 is 10.6 Å². The van der Waals surface area contributed by atoms with Crippen molar-refractivity contribution in [2.45, 2.75) is 9.79 Å². The van der Waals surface area contributed by atoms with Crippen LogP contribution in [0.25, 0.3) is 21.5 Å². The van der Waals surface area contributed by atoms with Gasteiger partial charge in [0.25, 0.3) is 11.8 Å². The molecule has 0 bridgehead atoms. The van der Waals surface area contributed by atoms with Gasteiger partial charge in [-0.1, -0.05) is 72.8 Å². The summed E-state index contributed by atoms with van der Waals surface area (Å²) in [6.45, 7) is 0. The molecule has 0 saturated carbocycles. The quantitative estimate of drug-likeness (QED) is 0.225. The summed E-state index contributed by atoms with van der Waals surface area (Å²) in [7, 11) is -3.86. The zero-order valence-corrected chi connectivity index (χ0v) is 22.6. The highest BCUT2D eigenvalue weighted by Gasteiger charge is 2.19. The lowest BCUT2D eigenvalue weighted by Gasteiger charge is -2.10. The van der Waals surface area contributed by atoms with Crippen molar-refractivity contribution in [2.75, 3.05) is 10.6 Å². The molecule has 0 radical (unpaired) electrons. The van der Waals surface area contributed by atoms with Gasteiger partial charge in [-0.15, -0.1) is 0 Å². The van der Waals surface area contributed by atoms with Crippen LogP contribution in [0, 0.1) is 0 Å². The van der Waals surface area contributed by atoms with Crippen LogP contribution in [0.2, 0.25) is 0 Å². The number of carbonyl (C=O) groups excluding carboxylic acids is 2. The van der Waals surface area contributed by atoms with E-state index in [-0.39, 0.29) is 21.6 Å². The number of sulfone groups is 1. The van der Waals surface area contributed by atoms with E-state index in [4.69, 9.17) is 0 Å². The molecule has 2 N–H and O–H groups in total. The minimum atomic E-state index is -3.86. The Morgan fingerprint density at radius 1 is 0.439 bits per heavy atom. The molecule has 2 amide bonds. The Morgan fingerprint density at radius 2 is 0.805 bits per heavy atom. The third-order valence-corrected chi connectivity index (χ3v) is 8.71. The van der Waals surface area contributed by atoms with Gasteiger partial charge in [0.1, 0.15) is 0 Å². The van der Waals surface area contributed by atoms with Gasteiger partial charge in [-0.3, -0.25) is 9.59 Å². The molecule has 0 heterocycles. The van der Waals surface area contributed by atoms with Crippen molar-refractivity contribution in [1.29, 1.82) is 0 Å². The number of rotatable bonds is 6. The Bertz CT molecular complexity index is 1880. The van der Waals surface area contributed by atoms with E-state index in [0.717, 1.165) is 21.5 Å². The van der Waals surface area contributed by atoms with Crippen molar-refractivity contribution in [3.8, 4) is 0 Å². The average molecular weight is 557 g/mol. The third-order valence-electron chi connectivity index (χ3n) is 6.93. The van der Waals surface area contributed by atoms with Gasteiger partial charge in [-0.05, 0) is 71.4 Å². The van der Waals surface area contributed by atoms with Crippen LogP contribution >= 0.6 is 0 Å². The van der Waals surface area contributed by atoms with Crippen LogP contribution in [0.3, 0.4) is 0 Å². The van der Waals surface area contributed by atoms with E-state index in [1.807, 2.05) is 84.9 Å². The molecular formula is C34H24N2O4S. The average Bonchev–Trinajstić information content (AvgIpc) is 3.01. The highest BCUT2D eigenvalue weighted by molar-refractivity contribution is 7.91. The molecule has 6 aromatic rings. The number of hydrogen-bond acceptors (Lipinski definition) is 4. The summed E-state index contributed by atoms with van der Waals surface area (Å²) in [5, 5.41) is 9.65. The van der Waals surface area contributed by atoms with Gasteiger partial charge < -0.3 is 10.6 Å². The molecule has 0 aliphatic carbocycles. The maximum Gasteiger partial charge on any atom is 0.255 e. The van der Waals surface area contributed by atoms with Gasteiger partial charge in [0.2, 0.25) is 9.84 Å². The Hall–Kier alpha value is -5.27. The second-order valence-corrected chi connectivity index (χ2v) is 11.5. The van der Waals surface area contributed by atoms with Gasteiger partial charge >= 0.3 is 0 Å². The van der Waals surface area contributed by atoms with Gasteiger partial charge in [0.15, 0.2) is 0 Å². The molecule has 0 unspecified atom stereocenters. The molecule has 0 aliphatic heterocycles. The van der Waals surface area contributed by atoms with Crippen LogP contribution in [0.5, 0.6) is 0 Å². The van der Waals surface area contributed by atoms with Gasteiger partial charge in [-0.2, -0.15) is 0 Å². The van der Waals surface area contributed by atoms with E-state index >= 15 is 0 Å². The van der Waals surface area contributed by atoms with E-state index in [2.05, 4.69) is 10.6 Å². The summed E-state index contributed by atoms with van der Waals surface area (Å²) in [5.41, 5.74) is 2.01. The van der Waals surface area contributed by atoms with Crippen molar-refractivity contribution >= 4 is 54.6 Å². The number of hydrogen-bond donors (Lipinski definition) is 2. The fourth-order valence-corrected chi connectivity index (χ4v) is 6.03. The molecule has 6 aromatic carbocycles. The fourth-order valence-electron chi connectivity index (χ4n) is 4.76. The third kappa shape index (κ3) is 5.18. The van der Waals surface area contributed by atoms with Crippen LogP contribution in [-0.4, -0.2) is 20.2 Å². The van der Waals surface area contributed by atoms with Gasteiger partial charge in [0.05, 0.1) is 9.79 Å². The number of carbonyl (C=O) groups is 2. The highest BCUT2D eigenvalue weighted by atomic mass is 32.2. The summed E-state index contributed by atoms with van der Waals surface area (Å²) in [6.07, 6.45) is 0. The zero-order chi connectivity index (χ0) is 28.4. The molecule has 6 rings (SSSR count). The number of amides is 2. The van der Waals surface area contributed by atoms with Crippen LogP contribution in [0.15, 0.2) is 143 Å². The molecule has 41 heavy (non-hydrogen) atoms. The van der Waals surface area contributed by atoms with Crippen molar-refractivity contribution in [1.82, 2.24) is 0 Å². The summed E-state index contributed by atoms with van der Waals surface area (Å²) in [5.74, 6) is -0.682. The molecule has 0 atom stereocenters. The highest BCUT2D eigenvalue weighted by Crippen LogP contribution is 2.26.